The van der Waals surface area contributed by atoms with Crippen LogP contribution in [0.5, 0.6) is 5.75 Å². The Hall–Kier alpha value is -2.54. The van der Waals surface area contributed by atoms with Crippen molar-refractivity contribution < 1.29 is 17.9 Å². The maximum atomic E-state index is 12.3. The predicted molar refractivity (Wildman–Crippen MR) is 103 cm³/mol. The molecule has 0 saturated carbocycles. The number of ether oxygens (including phenoxy) is 1. The third-order valence-electron chi connectivity index (χ3n) is 3.90. The lowest BCUT2D eigenvalue weighted by atomic mass is 10.1. The number of methoxy groups -OCH3 is 1. The van der Waals surface area contributed by atoms with Gasteiger partial charge in [0, 0.05) is 6.54 Å². The molecule has 26 heavy (non-hydrogen) atoms. The van der Waals surface area contributed by atoms with Gasteiger partial charge in [-0.2, -0.15) is 0 Å². The zero-order valence-electron chi connectivity index (χ0n) is 15.4. The standard InChI is InChI=1S/C19H24N2O4S/c1-14-5-8-16(9-6-14)12-20-19(22)13-21(26(4,23)24)17-11-15(2)7-10-18(17)25-3/h5-11H,12-13H2,1-4H3,(H,20,22). The molecule has 0 heterocycles. The molecule has 0 radical (unpaired) electrons. The Morgan fingerprint density at radius 3 is 2.27 bits per heavy atom. The van der Waals surface area contributed by atoms with E-state index in [9.17, 15) is 13.2 Å². The minimum Gasteiger partial charge on any atom is -0.495 e. The first-order valence-corrected chi connectivity index (χ1v) is 10.00. The molecule has 0 fully saturated rings. The summed E-state index contributed by atoms with van der Waals surface area (Å²) >= 11 is 0. The second-order valence-electron chi connectivity index (χ2n) is 6.21. The molecule has 1 N–H and O–H groups in total. The highest BCUT2D eigenvalue weighted by molar-refractivity contribution is 7.92. The molecule has 0 bridgehead atoms. The summed E-state index contributed by atoms with van der Waals surface area (Å²) in [5.41, 5.74) is 3.30. The van der Waals surface area contributed by atoms with Gasteiger partial charge in [0.15, 0.2) is 0 Å². The number of rotatable bonds is 7. The number of sulfonamides is 1. The van der Waals surface area contributed by atoms with Crippen molar-refractivity contribution in [1.82, 2.24) is 5.32 Å². The van der Waals surface area contributed by atoms with Gasteiger partial charge in [-0.15, -0.1) is 0 Å². The van der Waals surface area contributed by atoms with Crippen molar-refractivity contribution in [3.63, 3.8) is 0 Å². The summed E-state index contributed by atoms with van der Waals surface area (Å²) in [5.74, 6) is 0.00641. The number of carbonyl (C=O) groups is 1. The summed E-state index contributed by atoms with van der Waals surface area (Å²) in [6, 6.07) is 13.0. The second kappa shape index (κ2) is 8.23. The Bertz CT molecular complexity index is 877. The van der Waals surface area contributed by atoms with Gasteiger partial charge < -0.3 is 10.1 Å². The predicted octanol–water partition coefficient (Wildman–Crippen LogP) is 2.39. The van der Waals surface area contributed by atoms with Crippen molar-refractivity contribution in [3.05, 3.63) is 59.2 Å². The first kappa shape index (κ1) is 19.8. The van der Waals surface area contributed by atoms with E-state index in [1.165, 1.54) is 7.11 Å². The van der Waals surface area contributed by atoms with E-state index >= 15 is 0 Å². The summed E-state index contributed by atoms with van der Waals surface area (Å²) < 4.78 is 30.8. The zero-order chi connectivity index (χ0) is 19.3. The molecule has 0 spiro atoms. The molecule has 2 aromatic rings. The van der Waals surface area contributed by atoms with Crippen LogP contribution in [-0.2, 0) is 21.4 Å². The fourth-order valence-electron chi connectivity index (χ4n) is 2.47. The molecule has 6 nitrogen and oxygen atoms in total. The quantitative estimate of drug-likeness (QED) is 0.805. The van der Waals surface area contributed by atoms with Crippen LogP contribution >= 0.6 is 0 Å². The van der Waals surface area contributed by atoms with Crippen molar-refractivity contribution in [2.24, 2.45) is 0 Å². The Kier molecular flexibility index (Phi) is 6.26. The van der Waals surface area contributed by atoms with E-state index < -0.39 is 10.0 Å². The van der Waals surface area contributed by atoms with Crippen LogP contribution in [0, 0.1) is 13.8 Å². The van der Waals surface area contributed by atoms with Crippen LogP contribution < -0.4 is 14.4 Å². The minimum atomic E-state index is -3.66. The van der Waals surface area contributed by atoms with Crippen LogP contribution in [0.25, 0.3) is 0 Å². The average molecular weight is 376 g/mol. The van der Waals surface area contributed by atoms with E-state index in [2.05, 4.69) is 5.32 Å². The van der Waals surface area contributed by atoms with Crippen LogP contribution in [0.1, 0.15) is 16.7 Å². The zero-order valence-corrected chi connectivity index (χ0v) is 16.3. The number of nitrogens with zero attached hydrogens (tertiary/aromatic N) is 1. The number of amides is 1. The van der Waals surface area contributed by atoms with Gasteiger partial charge in [-0.1, -0.05) is 35.9 Å². The summed E-state index contributed by atoms with van der Waals surface area (Å²) in [6.07, 6.45) is 1.07. The highest BCUT2D eigenvalue weighted by Gasteiger charge is 2.24. The third-order valence-corrected chi connectivity index (χ3v) is 5.03. The number of aryl methyl sites for hydroxylation is 2. The molecule has 2 rings (SSSR count). The van der Waals surface area contributed by atoms with Crippen molar-refractivity contribution >= 4 is 21.6 Å². The van der Waals surface area contributed by atoms with Gasteiger partial charge in [-0.05, 0) is 37.1 Å². The van der Waals surface area contributed by atoms with Gasteiger partial charge in [0.1, 0.15) is 12.3 Å². The SMILES string of the molecule is COc1ccc(C)cc1N(CC(=O)NCc1ccc(C)cc1)S(C)(=O)=O. The van der Waals surface area contributed by atoms with Crippen LogP contribution in [-0.4, -0.2) is 34.2 Å². The highest BCUT2D eigenvalue weighted by atomic mass is 32.2. The van der Waals surface area contributed by atoms with Gasteiger partial charge in [0.05, 0.1) is 19.1 Å². The van der Waals surface area contributed by atoms with Gasteiger partial charge in [-0.3, -0.25) is 9.10 Å². The monoisotopic (exact) mass is 376 g/mol. The Morgan fingerprint density at radius 1 is 1.08 bits per heavy atom. The Morgan fingerprint density at radius 2 is 1.69 bits per heavy atom. The first-order chi connectivity index (χ1) is 12.2. The number of anilines is 1. The molecule has 7 heteroatoms. The largest absolute Gasteiger partial charge is 0.495 e. The third kappa shape index (κ3) is 5.23. The van der Waals surface area contributed by atoms with Crippen molar-refractivity contribution in [1.29, 1.82) is 0 Å². The molecule has 0 aromatic heterocycles. The van der Waals surface area contributed by atoms with Crippen LogP contribution in [0.4, 0.5) is 5.69 Å². The molecule has 0 aliphatic rings. The smallest absolute Gasteiger partial charge is 0.241 e. The lowest BCUT2D eigenvalue weighted by Crippen LogP contribution is -2.40. The first-order valence-electron chi connectivity index (χ1n) is 8.15. The number of nitrogens with one attached hydrogen (secondary N) is 1. The Balaban J connectivity index is 2.17. The van der Waals surface area contributed by atoms with E-state index in [4.69, 9.17) is 4.74 Å². The highest BCUT2D eigenvalue weighted by Crippen LogP contribution is 2.30. The minimum absolute atomic E-state index is 0.315. The fourth-order valence-corrected chi connectivity index (χ4v) is 3.32. The average Bonchev–Trinajstić information content (AvgIpc) is 2.58. The second-order valence-corrected chi connectivity index (χ2v) is 8.11. The number of benzene rings is 2. The molecule has 0 unspecified atom stereocenters. The van der Waals surface area contributed by atoms with Crippen LogP contribution in [0.3, 0.4) is 0 Å². The molecule has 0 atom stereocenters. The molecule has 0 aliphatic heterocycles. The topological polar surface area (TPSA) is 75.7 Å². The van der Waals surface area contributed by atoms with Gasteiger partial charge >= 0.3 is 0 Å². The summed E-state index contributed by atoms with van der Waals surface area (Å²) in [5, 5.41) is 2.76. The molecular weight excluding hydrogens is 352 g/mol. The van der Waals surface area contributed by atoms with Gasteiger partial charge in [0.2, 0.25) is 15.9 Å². The van der Waals surface area contributed by atoms with E-state index in [1.54, 1.807) is 12.1 Å². The van der Waals surface area contributed by atoms with Crippen molar-refractivity contribution in [2.45, 2.75) is 20.4 Å². The molecule has 0 saturated heterocycles. The number of hydrogen-bond donors (Lipinski definition) is 1. The molecule has 140 valence electrons. The normalized spacial score (nSPS) is 11.1. The lowest BCUT2D eigenvalue weighted by molar-refractivity contribution is -0.119. The summed E-state index contributed by atoms with van der Waals surface area (Å²) in [6.45, 7) is 3.86. The number of hydrogen-bond acceptors (Lipinski definition) is 4. The van der Waals surface area contributed by atoms with Gasteiger partial charge in [-0.25, -0.2) is 8.42 Å². The van der Waals surface area contributed by atoms with E-state index in [0.29, 0.717) is 18.0 Å². The summed E-state index contributed by atoms with van der Waals surface area (Å²) in [4.78, 5) is 12.3. The molecule has 2 aromatic carbocycles. The fraction of sp³-hybridized carbons (Fsp3) is 0.316. The van der Waals surface area contributed by atoms with Gasteiger partial charge in [0.25, 0.3) is 0 Å². The molecule has 0 aliphatic carbocycles. The maximum absolute atomic E-state index is 12.3. The van der Waals surface area contributed by atoms with E-state index in [1.807, 2.05) is 44.2 Å². The molecule has 1 amide bonds. The Labute approximate surface area is 154 Å². The summed E-state index contributed by atoms with van der Waals surface area (Å²) in [7, 11) is -2.19. The van der Waals surface area contributed by atoms with Crippen molar-refractivity contribution in [2.75, 3.05) is 24.2 Å². The number of carbonyl (C=O) groups excluding carboxylic acids is 1. The van der Waals surface area contributed by atoms with Crippen LogP contribution in [0.15, 0.2) is 42.5 Å². The van der Waals surface area contributed by atoms with E-state index in [0.717, 1.165) is 27.3 Å². The maximum Gasteiger partial charge on any atom is 0.241 e. The van der Waals surface area contributed by atoms with Crippen molar-refractivity contribution in [3.8, 4) is 5.75 Å². The lowest BCUT2D eigenvalue weighted by Gasteiger charge is -2.24. The van der Waals surface area contributed by atoms with E-state index in [-0.39, 0.29) is 12.5 Å². The van der Waals surface area contributed by atoms with Crippen LogP contribution in [0.2, 0.25) is 0 Å². The molecular formula is C19H24N2O4S.